The highest BCUT2D eigenvalue weighted by molar-refractivity contribution is 7.13. The van der Waals surface area contributed by atoms with E-state index in [9.17, 15) is 29.4 Å². The number of amides is 4. The number of aryl methyl sites for hydroxylation is 1. The average Bonchev–Trinajstić information content (AvgIpc) is 3.88. The molecule has 3 aromatic carbocycles. The fourth-order valence-electron chi connectivity index (χ4n) is 7.33. The van der Waals surface area contributed by atoms with Gasteiger partial charge < -0.3 is 41.5 Å². The molecule has 0 bridgehead atoms. The third kappa shape index (κ3) is 12.4. The van der Waals surface area contributed by atoms with Crippen molar-refractivity contribution in [1.82, 2.24) is 36.0 Å². The Morgan fingerprint density at radius 2 is 1.68 bits per heavy atom. The molecule has 7 N–H and O–H groups in total. The molecule has 16 heteroatoms. The number of para-hydroxylation sites is 1. The Labute approximate surface area is 371 Å². The van der Waals surface area contributed by atoms with Crippen molar-refractivity contribution >= 4 is 40.8 Å². The number of β-amino-alcohol motifs (C(OH)–C–C–N with tert-alkyl or cyclic N) is 1. The second-order valence-corrected chi connectivity index (χ2v) is 17.7. The molecule has 1 fully saturated rings. The van der Waals surface area contributed by atoms with Crippen LogP contribution in [0, 0.1) is 12.3 Å². The number of ether oxygens (including phenoxy) is 1. The zero-order chi connectivity index (χ0) is 45.1. The third-order valence-corrected chi connectivity index (χ3v) is 11.9. The SMILES string of the molecule is Cc1ncsc1-c1ccc(CNC(=O)[C@@H]2C[C@@H](O)CN2C(=O)[C@@H](NC(=O)CCCCCNC(=O)c2ccc(CCOc3cc(-c4ccccc4O)nnc3N)cc2)C(C)(C)C)cc1. The fraction of sp³-hybridized carbons (Fsp3) is 0.383. The summed E-state index contributed by atoms with van der Waals surface area (Å²) in [5.74, 6) is -0.686. The van der Waals surface area contributed by atoms with Crippen molar-refractivity contribution in [3.05, 3.63) is 107 Å². The van der Waals surface area contributed by atoms with Gasteiger partial charge in [0.15, 0.2) is 11.6 Å². The molecule has 5 aromatic rings. The van der Waals surface area contributed by atoms with Crippen molar-refractivity contribution in [2.45, 2.75) is 91.0 Å². The zero-order valence-corrected chi connectivity index (χ0v) is 36.9. The third-order valence-electron chi connectivity index (χ3n) is 10.9. The van der Waals surface area contributed by atoms with E-state index in [1.165, 1.54) is 4.90 Å². The van der Waals surface area contributed by atoms with E-state index in [0.29, 0.717) is 61.4 Å². The first-order chi connectivity index (χ1) is 30.2. The van der Waals surface area contributed by atoms with Gasteiger partial charge in [0.25, 0.3) is 5.91 Å². The second-order valence-electron chi connectivity index (χ2n) is 16.8. The van der Waals surface area contributed by atoms with Crippen molar-refractivity contribution in [2.75, 3.05) is 25.4 Å². The molecule has 1 aliphatic heterocycles. The van der Waals surface area contributed by atoms with E-state index >= 15 is 0 Å². The molecular weight excluding hydrogens is 821 g/mol. The molecular formula is C47H56N8O7S. The molecule has 0 spiro atoms. The van der Waals surface area contributed by atoms with Crippen molar-refractivity contribution in [1.29, 1.82) is 0 Å². The molecule has 4 amide bonds. The summed E-state index contributed by atoms with van der Waals surface area (Å²) in [4.78, 5) is 60.2. The van der Waals surface area contributed by atoms with Crippen molar-refractivity contribution in [3.8, 4) is 33.2 Å². The molecule has 1 aliphatic rings. The molecule has 6 rings (SSSR count). The lowest BCUT2D eigenvalue weighted by atomic mass is 9.85. The lowest BCUT2D eigenvalue weighted by Gasteiger charge is -2.35. The molecule has 0 aliphatic carbocycles. The molecule has 1 saturated heterocycles. The number of rotatable bonds is 18. The Balaban J connectivity index is 0.897. The smallest absolute Gasteiger partial charge is 0.251 e. The number of nitrogen functional groups attached to an aromatic ring is 1. The van der Waals surface area contributed by atoms with E-state index in [2.05, 4.69) is 31.1 Å². The van der Waals surface area contributed by atoms with E-state index in [0.717, 1.165) is 27.3 Å². The number of aromatic nitrogens is 3. The summed E-state index contributed by atoms with van der Waals surface area (Å²) in [6, 6.07) is 21.8. The maximum absolute atomic E-state index is 14.0. The van der Waals surface area contributed by atoms with Gasteiger partial charge in [0, 0.05) is 56.1 Å². The summed E-state index contributed by atoms with van der Waals surface area (Å²) in [6.45, 7) is 8.53. The largest absolute Gasteiger partial charge is 0.507 e. The number of thiazole rings is 1. The van der Waals surface area contributed by atoms with E-state index in [4.69, 9.17) is 10.5 Å². The van der Waals surface area contributed by atoms with Crippen molar-refractivity contribution in [3.63, 3.8) is 0 Å². The Bertz CT molecular complexity index is 2360. The molecule has 3 atom stereocenters. The maximum Gasteiger partial charge on any atom is 0.251 e. The molecule has 3 heterocycles. The summed E-state index contributed by atoms with van der Waals surface area (Å²) in [6.07, 6.45) is 1.88. The number of phenolic OH excluding ortho intramolecular Hbond substituents is 1. The molecule has 63 heavy (non-hydrogen) atoms. The number of likely N-dealkylation sites (tertiary alicyclic amines) is 1. The highest BCUT2D eigenvalue weighted by Crippen LogP contribution is 2.31. The van der Waals surface area contributed by atoms with Gasteiger partial charge >= 0.3 is 0 Å². The van der Waals surface area contributed by atoms with Gasteiger partial charge in [0.2, 0.25) is 17.7 Å². The quantitative estimate of drug-likeness (QED) is 0.0596. The number of nitrogens with two attached hydrogens (primary N) is 1. The number of unbranched alkanes of at least 4 members (excludes halogenated alkanes) is 2. The number of anilines is 1. The molecule has 332 valence electrons. The number of carbonyl (C=O) groups excluding carboxylic acids is 4. The molecule has 15 nitrogen and oxygen atoms in total. The number of benzene rings is 3. The average molecular weight is 877 g/mol. The summed E-state index contributed by atoms with van der Waals surface area (Å²) >= 11 is 1.57. The van der Waals surface area contributed by atoms with Gasteiger partial charge in [-0.25, -0.2) is 4.98 Å². The van der Waals surface area contributed by atoms with Gasteiger partial charge in [-0.15, -0.1) is 21.5 Å². The number of nitrogens with one attached hydrogen (secondary N) is 3. The van der Waals surface area contributed by atoms with Crippen LogP contribution >= 0.6 is 11.3 Å². The van der Waals surface area contributed by atoms with Gasteiger partial charge in [-0.2, -0.15) is 0 Å². The number of aromatic hydroxyl groups is 1. The van der Waals surface area contributed by atoms with Crippen LogP contribution < -0.4 is 26.4 Å². The Kier molecular flexibility index (Phi) is 15.5. The summed E-state index contributed by atoms with van der Waals surface area (Å²) in [5.41, 5.74) is 12.5. The number of aliphatic hydroxyl groups excluding tert-OH is 1. The van der Waals surface area contributed by atoms with Crippen LogP contribution in [0.25, 0.3) is 21.7 Å². The monoisotopic (exact) mass is 876 g/mol. The van der Waals surface area contributed by atoms with Crippen LogP contribution in [0.5, 0.6) is 11.5 Å². The van der Waals surface area contributed by atoms with Gasteiger partial charge in [-0.1, -0.05) is 75.7 Å². The fourth-order valence-corrected chi connectivity index (χ4v) is 8.14. The summed E-state index contributed by atoms with van der Waals surface area (Å²) in [5, 5.41) is 37.5. The minimum absolute atomic E-state index is 0.00149. The van der Waals surface area contributed by atoms with E-state index in [-0.39, 0.29) is 55.2 Å². The maximum atomic E-state index is 14.0. The van der Waals surface area contributed by atoms with Crippen molar-refractivity contribution < 1.29 is 34.1 Å². The Hall–Kier alpha value is -6.39. The van der Waals surface area contributed by atoms with Gasteiger partial charge in [-0.05, 0) is 66.1 Å². The Morgan fingerprint density at radius 1 is 0.952 bits per heavy atom. The van der Waals surface area contributed by atoms with Crippen LogP contribution in [0.15, 0.2) is 84.4 Å². The predicted molar refractivity (Wildman–Crippen MR) is 242 cm³/mol. The van der Waals surface area contributed by atoms with E-state index in [1.54, 1.807) is 53.8 Å². The standard InChI is InChI=1S/C47H56N8O7S/c1-29-41(63-28-51-29)32-17-15-31(16-18-32)26-50-45(60)37-24-34(56)27-55(37)46(61)42(47(2,3)4)52-40(58)12-6-5-9-22-49-44(59)33-19-13-30(14-20-33)21-23-62-39-25-36(53-54-43(39)48)35-10-7-8-11-38(35)57/h7-8,10-11,13-20,25,28,34,37,42,56-57H,5-6,9,12,21-24,26-27H2,1-4H3,(H2,48,54)(H,49,59)(H,50,60)(H,52,58)/t34-,37+,42-/m1/s1. The lowest BCUT2D eigenvalue weighted by Crippen LogP contribution is -2.57. The predicted octanol–water partition coefficient (Wildman–Crippen LogP) is 5.58. The summed E-state index contributed by atoms with van der Waals surface area (Å²) in [7, 11) is 0. The topological polar surface area (TPSA) is 222 Å². The molecule has 2 aromatic heterocycles. The van der Waals surface area contributed by atoms with E-state index in [1.807, 2.05) is 69.6 Å². The first-order valence-electron chi connectivity index (χ1n) is 21.1. The van der Waals surface area contributed by atoms with Crippen LogP contribution in [0.2, 0.25) is 0 Å². The van der Waals surface area contributed by atoms with Gasteiger partial charge in [-0.3, -0.25) is 19.2 Å². The number of hydrogen-bond donors (Lipinski definition) is 6. The Morgan fingerprint density at radius 3 is 2.38 bits per heavy atom. The van der Waals surface area contributed by atoms with Crippen LogP contribution in [0.1, 0.15) is 80.1 Å². The number of aliphatic hydroxyl groups is 1. The van der Waals surface area contributed by atoms with Gasteiger partial charge in [0.05, 0.1) is 28.8 Å². The first-order valence-corrected chi connectivity index (χ1v) is 22.0. The summed E-state index contributed by atoms with van der Waals surface area (Å²) < 4.78 is 5.88. The normalized spacial score (nSPS) is 15.4. The first kappa shape index (κ1) is 46.1. The van der Waals surface area contributed by atoms with E-state index < -0.39 is 29.5 Å². The van der Waals surface area contributed by atoms with Gasteiger partial charge in [0.1, 0.15) is 23.5 Å². The van der Waals surface area contributed by atoms with Crippen LogP contribution in [0.4, 0.5) is 5.82 Å². The highest BCUT2D eigenvalue weighted by Gasteiger charge is 2.44. The molecule has 0 saturated carbocycles. The molecule has 0 radical (unpaired) electrons. The number of nitrogens with zero attached hydrogens (tertiary/aromatic N) is 4. The lowest BCUT2D eigenvalue weighted by molar-refractivity contribution is -0.144. The minimum atomic E-state index is -0.909. The number of hydrogen-bond acceptors (Lipinski definition) is 12. The second kappa shape index (κ2) is 21.1. The van der Waals surface area contributed by atoms with Crippen LogP contribution in [0.3, 0.4) is 0 Å². The number of phenols is 1. The molecule has 0 unspecified atom stereocenters. The number of carbonyl (C=O) groups is 4. The zero-order valence-electron chi connectivity index (χ0n) is 36.1. The van der Waals surface area contributed by atoms with Crippen LogP contribution in [-0.4, -0.2) is 91.8 Å². The highest BCUT2D eigenvalue weighted by atomic mass is 32.1. The van der Waals surface area contributed by atoms with Crippen LogP contribution in [-0.2, 0) is 27.3 Å². The van der Waals surface area contributed by atoms with Crippen molar-refractivity contribution in [2.24, 2.45) is 5.41 Å². The minimum Gasteiger partial charge on any atom is -0.507 e.